The van der Waals surface area contributed by atoms with Gasteiger partial charge >= 0.3 is 0 Å². The molecule has 2 saturated heterocycles. The fourth-order valence-corrected chi connectivity index (χ4v) is 6.56. The molecule has 14 nitrogen and oxygen atoms in total. The van der Waals surface area contributed by atoms with Gasteiger partial charge in [0.15, 0.2) is 0 Å². The average molecular weight is 697 g/mol. The minimum atomic E-state index is -1.01. The fourth-order valence-electron chi connectivity index (χ4n) is 6.09. The van der Waals surface area contributed by atoms with E-state index in [-0.39, 0.29) is 37.6 Å². The van der Waals surface area contributed by atoms with Crippen LogP contribution in [-0.2, 0) is 35.3 Å². The van der Waals surface area contributed by atoms with Crippen molar-refractivity contribution in [1.29, 1.82) is 0 Å². The third-order valence-electron chi connectivity index (χ3n) is 8.91. The number of hydrogen-bond acceptors (Lipinski definition) is 8. The molecule has 3 heterocycles. The van der Waals surface area contributed by atoms with Gasteiger partial charge in [-0.15, -0.1) is 0 Å². The van der Waals surface area contributed by atoms with E-state index in [2.05, 4.69) is 31.6 Å². The SMILES string of the molecule is CSCC[C@@H]1NC(=O)C[C@@H](c2ccccc2)NC(=O)[C@H](C)NC(=O)[C@@H]2C[C@H](NC(=O)CCn3ccnc3C)CN2C(=O)[C@H](C(C)C)NC1=O. The standard InChI is InChI=1S/C34H48N8O6S/c1-20(2)30-34(48)42-19-24(37-28(43)11-14-41-15-13-35-22(41)4)17-27(42)33(47)36-21(3)31(45)39-26(23-9-7-6-8-10-23)18-29(44)38-25(12-16-49-5)32(46)40-30/h6-10,13,15,20-21,24-27,30H,11-12,14,16-19H2,1-5H3,(H,36,47)(H,37,43)(H,38,44)(H,39,45)(H,40,46)/t21-,24-,25-,26-,27-,30-/m0/s1. The predicted molar refractivity (Wildman–Crippen MR) is 185 cm³/mol. The van der Waals surface area contributed by atoms with Gasteiger partial charge in [0, 0.05) is 37.9 Å². The van der Waals surface area contributed by atoms with Crippen LogP contribution in [0.4, 0.5) is 0 Å². The molecule has 49 heavy (non-hydrogen) atoms. The van der Waals surface area contributed by atoms with E-state index < -0.39 is 65.8 Å². The summed E-state index contributed by atoms with van der Waals surface area (Å²) in [6.45, 7) is 7.41. The Balaban J connectivity index is 1.62. The monoisotopic (exact) mass is 696 g/mol. The maximum absolute atomic E-state index is 14.2. The molecule has 0 bridgehead atoms. The third kappa shape index (κ3) is 10.1. The highest BCUT2D eigenvalue weighted by molar-refractivity contribution is 7.98. The van der Waals surface area contributed by atoms with Gasteiger partial charge < -0.3 is 36.1 Å². The number of benzene rings is 1. The highest BCUT2D eigenvalue weighted by Gasteiger charge is 2.44. The van der Waals surface area contributed by atoms with E-state index in [9.17, 15) is 28.8 Å². The molecule has 0 spiro atoms. The number of rotatable bonds is 9. The molecular weight excluding hydrogens is 648 g/mol. The van der Waals surface area contributed by atoms with Gasteiger partial charge in [0.2, 0.25) is 35.4 Å². The number of hydrogen-bond donors (Lipinski definition) is 5. The molecule has 4 rings (SSSR count). The number of aromatic nitrogens is 2. The summed E-state index contributed by atoms with van der Waals surface area (Å²) >= 11 is 1.52. The zero-order chi connectivity index (χ0) is 35.7. The van der Waals surface area contributed by atoms with Crippen LogP contribution in [0, 0.1) is 12.8 Å². The lowest BCUT2D eigenvalue weighted by Gasteiger charge is -2.32. The van der Waals surface area contributed by atoms with Gasteiger partial charge in [-0.05, 0) is 50.2 Å². The lowest BCUT2D eigenvalue weighted by molar-refractivity contribution is -0.143. The van der Waals surface area contributed by atoms with Crippen LogP contribution in [0.15, 0.2) is 42.7 Å². The zero-order valence-corrected chi connectivity index (χ0v) is 29.5. The Bertz CT molecular complexity index is 1500. The molecule has 2 fully saturated rings. The lowest BCUT2D eigenvalue weighted by Crippen LogP contribution is -2.59. The van der Waals surface area contributed by atoms with Crippen molar-refractivity contribution in [3.05, 3.63) is 54.1 Å². The Labute approximate surface area is 291 Å². The summed E-state index contributed by atoms with van der Waals surface area (Å²) < 4.78 is 1.86. The largest absolute Gasteiger partial charge is 0.351 e. The predicted octanol–water partition coefficient (Wildman–Crippen LogP) is 0.812. The summed E-state index contributed by atoms with van der Waals surface area (Å²) in [6, 6.07) is 3.76. The number of imidazole rings is 1. The van der Waals surface area contributed by atoms with Gasteiger partial charge in [-0.1, -0.05) is 44.2 Å². The Kier molecular flexibility index (Phi) is 13.2. The van der Waals surface area contributed by atoms with E-state index in [0.29, 0.717) is 24.3 Å². The van der Waals surface area contributed by atoms with Crippen LogP contribution in [-0.4, -0.2) is 98.7 Å². The van der Waals surface area contributed by atoms with E-state index >= 15 is 0 Å². The summed E-state index contributed by atoms with van der Waals surface area (Å²) in [4.78, 5) is 87.0. The second kappa shape index (κ2) is 17.3. The first kappa shape index (κ1) is 37.4. The van der Waals surface area contributed by atoms with Gasteiger partial charge in [0.05, 0.1) is 12.5 Å². The maximum atomic E-state index is 14.2. The number of fused-ring (bicyclic) bond motifs is 1. The van der Waals surface area contributed by atoms with Crippen molar-refractivity contribution in [3.8, 4) is 0 Å². The topological polar surface area (TPSA) is 184 Å². The van der Waals surface area contributed by atoms with Gasteiger partial charge in [-0.3, -0.25) is 28.8 Å². The van der Waals surface area contributed by atoms with Crippen molar-refractivity contribution in [2.75, 3.05) is 18.6 Å². The summed E-state index contributed by atoms with van der Waals surface area (Å²) in [5, 5.41) is 14.3. The summed E-state index contributed by atoms with van der Waals surface area (Å²) in [5.74, 6) is -1.79. The van der Waals surface area contributed by atoms with Crippen LogP contribution >= 0.6 is 11.8 Å². The van der Waals surface area contributed by atoms with Crippen LogP contribution in [0.25, 0.3) is 0 Å². The van der Waals surface area contributed by atoms with E-state index in [1.807, 2.05) is 23.8 Å². The second-order valence-electron chi connectivity index (χ2n) is 13.0. The third-order valence-corrected chi connectivity index (χ3v) is 9.55. The summed E-state index contributed by atoms with van der Waals surface area (Å²) in [7, 11) is 0. The van der Waals surface area contributed by atoms with Crippen molar-refractivity contribution < 1.29 is 28.8 Å². The molecule has 1 aromatic heterocycles. The van der Waals surface area contributed by atoms with Crippen molar-refractivity contribution in [2.24, 2.45) is 5.92 Å². The number of amides is 6. The van der Waals surface area contributed by atoms with Crippen LogP contribution < -0.4 is 26.6 Å². The number of nitrogens with zero attached hydrogens (tertiary/aromatic N) is 3. The normalized spacial score (nSPS) is 25.7. The van der Waals surface area contributed by atoms with Crippen molar-refractivity contribution >= 4 is 47.2 Å². The van der Waals surface area contributed by atoms with E-state index in [1.54, 1.807) is 50.5 Å². The second-order valence-corrected chi connectivity index (χ2v) is 13.9. The fraction of sp³-hybridized carbons (Fsp3) is 0.559. The first-order chi connectivity index (χ1) is 23.4. The molecule has 6 atom stereocenters. The van der Waals surface area contributed by atoms with E-state index in [4.69, 9.17) is 0 Å². The van der Waals surface area contributed by atoms with Crippen LogP contribution in [0.1, 0.15) is 63.9 Å². The quantitative estimate of drug-likeness (QED) is 0.255. The molecule has 0 radical (unpaired) electrons. The number of carbonyl (C=O) groups excluding carboxylic acids is 6. The van der Waals surface area contributed by atoms with Gasteiger partial charge in [-0.25, -0.2) is 4.98 Å². The molecule has 0 aliphatic carbocycles. The molecule has 0 unspecified atom stereocenters. The highest BCUT2D eigenvalue weighted by atomic mass is 32.2. The highest BCUT2D eigenvalue weighted by Crippen LogP contribution is 2.23. The Morgan fingerprint density at radius 2 is 1.76 bits per heavy atom. The summed E-state index contributed by atoms with van der Waals surface area (Å²) in [6.07, 6.45) is 5.81. The molecule has 266 valence electrons. The molecule has 2 aromatic rings. The molecule has 6 amide bonds. The first-order valence-corrected chi connectivity index (χ1v) is 18.1. The van der Waals surface area contributed by atoms with E-state index in [1.165, 1.54) is 23.6 Å². The Hall–Kier alpha value is -4.40. The van der Waals surface area contributed by atoms with Crippen LogP contribution in [0.3, 0.4) is 0 Å². The smallest absolute Gasteiger partial charge is 0.246 e. The Morgan fingerprint density at radius 1 is 1.02 bits per heavy atom. The minimum Gasteiger partial charge on any atom is -0.351 e. The van der Waals surface area contributed by atoms with Gasteiger partial charge in [-0.2, -0.15) is 11.8 Å². The maximum Gasteiger partial charge on any atom is 0.246 e. The number of carbonyl (C=O) groups is 6. The first-order valence-electron chi connectivity index (χ1n) is 16.7. The van der Waals surface area contributed by atoms with Crippen molar-refractivity contribution in [1.82, 2.24) is 41.0 Å². The van der Waals surface area contributed by atoms with Crippen LogP contribution in [0.2, 0.25) is 0 Å². The van der Waals surface area contributed by atoms with Crippen molar-refractivity contribution in [3.63, 3.8) is 0 Å². The molecule has 2 aliphatic heterocycles. The minimum absolute atomic E-state index is 0.0369. The van der Waals surface area contributed by atoms with E-state index in [0.717, 1.165) is 5.82 Å². The van der Waals surface area contributed by atoms with Gasteiger partial charge in [0.25, 0.3) is 0 Å². The molecule has 15 heteroatoms. The molecular formula is C34H48N8O6S. The number of aryl methyl sites for hydroxylation is 2. The number of thioether (sulfide) groups is 1. The number of nitrogens with one attached hydrogen (secondary N) is 5. The van der Waals surface area contributed by atoms with Crippen molar-refractivity contribution in [2.45, 2.75) is 96.2 Å². The Morgan fingerprint density at radius 3 is 2.41 bits per heavy atom. The van der Waals surface area contributed by atoms with Gasteiger partial charge in [0.1, 0.15) is 30.0 Å². The molecule has 5 N–H and O–H groups in total. The average Bonchev–Trinajstić information content (AvgIpc) is 3.69. The molecule has 1 aromatic carbocycles. The van der Waals surface area contributed by atoms with Crippen LogP contribution in [0.5, 0.6) is 0 Å². The molecule has 0 saturated carbocycles. The zero-order valence-electron chi connectivity index (χ0n) is 28.7. The molecule has 2 aliphatic rings. The lowest BCUT2D eigenvalue weighted by atomic mass is 10.0. The summed E-state index contributed by atoms with van der Waals surface area (Å²) in [5.41, 5.74) is 0.685.